The molecule has 1 heterocycles. The van der Waals surface area contributed by atoms with Crippen molar-refractivity contribution in [1.82, 2.24) is 4.31 Å². The molecule has 1 saturated heterocycles. The number of carbonyl (C=O) groups excluding carboxylic acids is 1. The van der Waals surface area contributed by atoms with Crippen molar-refractivity contribution < 1.29 is 22.3 Å². The second-order valence-electron chi connectivity index (χ2n) is 4.78. The van der Waals surface area contributed by atoms with E-state index in [9.17, 15) is 17.6 Å². The van der Waals surface area contributed by atoms with Crippen molar-refractivity contribution in [3.8, 4) is 0 Å². The Morgan fingerprint density at radius 2 is 2.15 bits per heavy atom. The summed E-state index contributed by atoms with van der Waals surface area (Å²) in [7, 11) is -2.49. The summed E-state index contributed by atoms with van der Waals surface area (Å²) in [6, 6.07) is 3.81. The van der Waals surface area contributed by atoms with Gasteiger partial charge >= 0.3 is 5.97 Å². The Kier molecular flexibility index (Phi) is 4.10. The van der Waals surface area contributed by atoms with Crippen LogP contribution < -0.4 is 0 Å². The quantitative estimate of drug-likeness (QED) is 0.790. The molecule has 1 unspecified atom stereocenters. The molecule has 0 radical (unpaired) electrons. The number of methoxy groups -OCH3 is 1. The van der Waals surface area contributed by atoms with Crippen LogP contribution in [0.3, 0.4) is 0 Å². The highest BCUT2D eigenvalue weighted by molar-refractivity contribution is 7.89. The number of halogens is 1. The van der Waals surface area contributed by atoms with Gasteiger partial charge in [0.15, 0.2) is 0 Å². The summed E-state index contributed by atoms with van der Waals surface area (Å²) >= 11 is 0. The van der Waals surface area contributed by atoms with Gasteiger partial charge in [0.25, 0.3) is 0 Å². The van der Waals surface area contributed by atoms with Gasteiger partial charge < -0.3 is 4.74 Å². The van der Waals surface area contributed by atoms with Crippen LogP contribution in [0.2, 0.25) is 0 Å². The Morgan fingerprint density at radius 1 is 1.45 bits per heavy atom. The molecule has 0 amide bonds. The first-order valence-corrected chi connectivity index (χ1v) is 7.64. The van der Waals surface area contributed by atoms with Gasteiger partial charge in [0.1, 0.15) is 5.82 Å². The van der Waals surface area contributed by atoms with E-state index in [0.717, 1.165) is 6.07 Å². The zero-order chi connectivity index (χ0) is 14.9. The topological polar surface area (TPSA) is 63.7 Å². The fourth-order valence-corrected chi connectivity index (χ4v) is 3.70. The molecule has 0 spiro atoms. The van der Waals surface area contributed by atoms with Crippen LogP contribution in [0.15, 0.2) is 23.1 Å². The van der Waals surface area contributed by atoms with Gasteiger partial charge in [0.2, 0.25) is 10.0 Å². The lowest BCUT2D eigenvalue weighted by Crippen LogP contribution is -2.30. The van der Waals surface area contributed by atoms with Gasteiger partial charge in [0.05, 0.1) is 17.9 Å². The number of nitrogens with zero attached hydrogens (tertiary/aromatic N) is 1. The minimum Gasteiger partial charge on any atom is -0.469 e. The molecule has 1 aromatic rings. The van der Waals surface area contributed by atoms with E-state index >= 15 is 0 Å². The zero-order valence-corrected chi connectivity index (χ0v) is 12.1. The molecular formula is C13H16FNO4S. The fraction of sp³-hybridized carbons (Fsp3) is 0.462. The second-order valence-corrected chi connectivity index (χ2v) is 6.72. The first-order valence-electron chi connectivity index (χ1n) is 6.20. The van der Waals surface area contributed by atoms with E-state index < -0.39 is 27.7 Å². The molecule has 1 fully saturated rings. The number of esters is 1. The Morgan fingerprint density at radius 3 is 2.75 bits per heavy atom. The number of ether oxygens (including phenoxy) is 1. The van der Waals surface area contributed by atoms with Crippen molar-refractivity contribution >= 4 is 16.0 Å². The number of carbonyl (C=O) groups is 1. The summed E-state index contributed by atoms with van der Waals surface area (Å²) < 4.78 is 44.0. The van der Waals surface area contributed by atoms with Gasteiger partial charge in [-0.05, 0) is 31.0 Å². The fourth-order valence-electron chi connectivity index (χ4n) is 2.19. The lowest BCUT2D eigenvalue weighted by molar-refractivity contribution is -0.144. The van der Waals surface area contributed by atoms with Crippen LogP contribution in [0.5, 0.6) is 0 Å². The Bertz CT molecular complexity index is 629. The number of hydrogen-bond donors (Lipinski definition) is 0. The molecule has 1 atom stereocenters. The average Bonchev–Trinajstić information content (AvgIpc) is 2.91. The maximum atomic E-state index is 13.5. The van der Waals surface area contributed by atoms with Crippen LogP contribution in [0.25, 0.3) is 0 Å². The second kappa shape index (κ2) is 5.49. The van der Waals surface area contributed by atoms with Gasteiger partial charge in [-0.2, -0.15) is 4.31 Å². The van der Waals surface area contributed by atoms with Gasteiger partial charge in [-0.15, -0.1) is 0 Å². The number of benzene rings is 1. The van der Waals surface area contributed by atoms with Crippen LogP contribution in [-0.2, 0) is 19.6 Å². The highest BCUT2D eigenvalue weighted by Crippen LogP contribution is 2.25. The minimum absolute atomic E-state index is 0.0739. The van der Waals surface area contributed by atoms with Crippen molar-refractivity contribution in [1.29, 1.82) is 0 Å². The average molecular weight is 301 g/mol. The molecule has 110 valence electrons. The zero-order valence-electron chi connectivity index (χ0n) is 11.3. The van der Waals surface area contributed by atoms with E-state index in [1.54, 1.807) is 6.92 Å². The van der Waals surface area contributed by atoms with Crippen LogP contribution >= 0.6 is 0 Å². The highest BCUT2D eigenvalue weighted by Gasteiger charge is 2.36. The molecule has 5 nitrogen and oxygen atoms in total. The Balaban J connectivity index is 2.23. The molecule has 20 heavy (non-hydrogen) atoms. The third kappa shape index (κ3) is 2.69. The predicted molar refractivity (Wildman–Crippen MR) is 70.0 cm³/mol. The van der Waals surface area contributed by atoms with Crippen molar-refractivity contribution in [2.24, 2.45) is 5.92 Å². The molecule has 1 aromatic carbocycles. The molecule has 1 aliphatic rings. The molecule has 1 aliphatic heterocycles. The van der Waals surface area contributed by atoms with Crippen LogP contribution in [0, 0.1) is 18.7 Å². The number of rotatable bonds is 3. The first-order chi connectivity index (χ1) is 9.36. The Hall–Kier alpha value is -1.47. The third-order valence-corrected chi connectivity index (χ3v) is 5.33. The van der Waals surface area contributed by atoms with E-state index in [1.165, 1.54) is 23.5 Å². The van der Waals surface area contributed by atoms with Crippen LogP contribution in [-0.4, -0.2) is 38.9 Å². The van der Waals surface area contributed by atoms with Crippen LogP contribution in [0.4, 0.5) is 4.39 Å². The molecule has 0 aliphatic carbocycles. The summed E-state index contributed by atoms with van der Waals surface area (Å²) in [5.41, 5.74) is 0.387. The predicted octanol–water partition coefficient (Wildman–Crippen LogP) is 1.32. The molecule has 0 aromatic heterocycles. The van der Waals surface area contributed by atoms with Crippen LogP contribution in [0.1, 0.15) is 12.0 Å². The van der Waals surface area contributed by atoms with Gasteiger partial charge in [-0.1, -0.05) is 6.07 Å². The molecule has 2 rings (SSSR count). The lowest BCUT2D eigenvalue weighted by atomic mass is 10.1. The normalized spacial score (nSPS) is 20.1. The van der Waals surface area contributed by atoms with Crippen molar-refractivity contribution in [2.75, 3.05) is 20.2 Å². The van der Waals surface area contributed by atoms with E-state index in [2.05, 4.69) is 4.74 Å². The molecule has 0 bridgehead atoms. The summed E-state index contributed by atoms with van der Waals surface area (Å²) in [6.45, 7) is 1.87. The Labute approximate surface area is 117 Å². The van der Waals surface area contributed by atoms with E-state index in [0.29, 0.717) is 12.0 Å². The van der Waals surface area contributed by atoms with Crippen molar-refractivity contribution in [3.05, 3.63) is 29.6 Å². The summed E-state index contributed by atoms with van der Waals surface area (Å²) in [4.78, 5) is 11.3. The standard InChI is InChI=1S/C13H16FNO4S/c1-9-3-4-11(7-12(9)14)20(17,18)15-6-5-10(8-15)13(16)19-2/h3-4,7,10H,5-6,8H2,1-2H3. The first kappa shape index (κ1) is 14.9. The summed E-state index contributed by atoms with van der Waals surface area (Å²) in [5.74, 6) is -1.43. The van der Waals surface area contributed by atoms with E-state index in [-0.39, 0.29) is 18.0 Å². The van der Waals surface area contributed by atoms with Crippen molar-refractivity contribution in [3.63, 3.8) is 0 Å². The van der Waals surface area contributed by atoms with E-state index in [4.69, 9.17) is 0 Å². The molecular weight excluding hydrogens is 285 g/mol. The summed E-state index contributed by atoms with van der Waals surface area (Å²) in [6.07, 6.45) is 0.417. The van der Waals surface area contributed by atoms with Crippen molar-refractivity contribution in [2.45, 2.75) is 18.2 Å². The summed E-state index contributed by atoms with van der Waals surface area (Å²) in [5, 5.41) is 0. The largest absolute Gasteiger partial charge is 0.469 e. The van der Waals surface area contributed by atoms with E-state index in [1.807, 2.05) is 0 Å². The SMILES string of the molecule is COC(=O)C1CCN(S(=O)(=O)c2ccc(C)c(F)c2)C1. The van der Waals surface area contributed by atoms with Gasteiger partial charge in [-0.3, -0.25) is 4.79 Å². The number of hydrogen-bond acceptors (Lipinski definition) is 4. The van der Waals surface area contributed by atoms with Gasteiger partial charge in [-0.25, -0.2) is 12.8 Å². The third-order valence-electron chi connectivity index (χ3n) is 3.47. The number of aryl methyl sites for hydroxylation is 1. The number of sulfonamides is 1. The maximum absolute atomic E-state index is 13.5. The highest BCUT2D eigenvalue weighted by atomic mass is 32.2. The monoisotopic (exact) mass is 301 g/mol. The lowest BCUT2D eigenvalue weighted by Gasteiger charge is -2.16. The van der Waals surface area contributed by atoms with Gasteiger partial charge in [0, 0.05) is 13.1 Å². The molecule has 7 heteroatoms. The minimum atomic E-state index is -3.77. The molecule has 0 saturated carbocycles. The maximum Gasteiger partial charge on any atom is 0.310 e. The smallest absolute Gasteiger partial charge is 0.310 e. The molecule has 0 N–H and O–H groups in total.